The number of hydrogen-bond acceptors (Lipinski definition) is 4. The molecule has 6 heteroatoms. The minimum absolute atomic E-state index is 0.311. The Hall–Kier alpha value is -1.95. The van der Waals surface area contributed by atoms with Gasteiger partial charge in [-0.25, -0.2) is 9.37 Å². The van der Waals surface area contributed by atoms with Gasteiger partial charge in [-0.1, -0.05) is 6.07 Å². The van der Waals surface area contributed by atoms with Crippen molar-refractivity contribution >= 4 is 28.1 Å². The lowest BCUT2D eigenvalue weighted by molar-refractivity contribution is -0.142. The van der Waals surface area contributed by atoms with Crippen molar-refractivity contribution in [2.45, 2.75) is 26.2 Å². The van der Waals surface area contributed by atoms with Gasteiger partial charge in [0.25, 0.3) is 0 Å². The van der Waals surface area contributed by atoms with Gasteiger partial charge in [0.2, 0.25) is 0 Å². The molecule has 0 unspecified atom stereocenters. The zero-order valence-corrected chi connectivity index (χ0v) is 12.9. The van der Waals surface area contributed by atoms with Gasteiger partial charge in [0.15, 0.2) is 5.13 Å². The van der Waals surface area contributed by atoms with E-state index in [1.54, 1.807) is 31.4 Å². The molecule has 2 rings (SSSR count). The highest BCUT2D eigenvalue weighted by Crippen LogP contribution is 2.33. The van der Waals surface area contributed by atoms with Gasteiger partial charge in [-0.3, -0.25) is 4.79 Å². The minimum Gasteiger partial charge on any atom is -0.481 e. The minimum atomic E-state index is -1.05. The fourth-order valence-electron chi connectivity index (χ4n) is 1.86. The number of halogens is 1. The van der Waals surface area contributed by atoms with Gasteiger partial charge in [0, 0.05) is 17.6 Å². The molecule has 21 heavy (non-hydrogen) atoms. The maximum Gasteiger partial charge on any atom is 0.315 e. The summed E-state index contributed by atoms with van der Waals surface area (Å²) in [5.41, 5.74) is 0.159. The molecule has 1 heterocycles. The summed E-state index contributed by atoms with van der Waals surface area (Å²) < 4.78 is 13.4. The van der Waals surface area contributed by atoms with Gasteiger partial charge in [-0.2, -0.15) is 0 Å². The van der Waals surface area contributed by atoms with Crippen LogP contribution in [0.3, 0.4) is 0 Å². The van der Waals surface area contributed by atoms with Crippen molar-refractivity contribution in [2.24, 2.45) is 0 Å². The van der Waals surface area contributed by atoms with Gasteiger partial charge in [-0.15, -0.1) is 11.3 Å². The number of aromatic nitrogens is 1. The number of anilines is 2. The molecule has 0 aliphatic heterocycles. The van der Waals surface area contributed by atoms with Crippen LogP contribution in [0.4, 0.5) is 15.2 Å². The molecule has 0 aliphatic carbocycles. The molecule has 1 aromatic carbocycles. The van der Waals surface area contributed by atoms with Crippen molar-refractivity contribution in [3.05, 3.63) is 41.2 Å². The Labute approximate surface area is 126 Å². The zero-order valence-electron chi connectivity index (χ0n) is 12.1. The normalized spacial score (nSPS) is 11.4. The number of carbonyl (C=O) groups is 1. The van der Waals surface area contributed by atoms with Crippen LogP contribution in [-0.2, 0) is 10.2 Å². The summed E-state index contributed by atoms with van der Waals surface area (Å²) in [6.07, 6.45) is 0. The highest BCUT2D eigenvalue weighted by atomic mass is 32.1. The van der Waals surface area contributed by atoms with Crippen LogP contribution < -0.4 is 4.90 Å². The maximum absolute atomic E-state index is 13.4. The first kappa shape index (κ1) is 15.4. The molecule has 0 fully saturated rings. The standard InChI is InChI=1S/C15H17FN2O2S/c1-4-18(11-7-5-6-10(16)8-11)14-17-12(9-21-14)15(2,3)13(19)20/h5-9H,4H2,1-3H3,(H,19,20). The fourth-order valence-corrected chi connectivity index (χ4v) is 2.93. The van der Waals surface area contributed by atoms with E-state index >= 15 is 0 Å². The van der Waals surface area contributed by atoms with Crippen LogP contribution in [0.15, 0.2) is 29.6 Å². The van der Waals surface area contributed by atoms with E-state index in [-0.39, 0.29) is 5.82 Å². The average molecular weight is 308 g/mol. The lowest BCUT2D eigenvalue weighted by Crippen LogP contribution is -2.29. The number of aliphatic carboxylic acids is 1. The molecule has 0 saturated heterocycles. The Morgan fingerprint density at radius 3 is 2.76 bits per heavy atom. The Morgan fingerprint density at radius 1 is 1.48 bits per heavy atom. The van der Waals surface area contributed by atoms with Gasteiger partial charge in [0.05, 0.1) is 5.69 Å². The second-order valence-corrected chi connectivity index (χ2v) is 6.01. The van der Waals surface area contributed by atoms with Crippen LogP contribution in [0.2, 0.25) is 0 Å². The molecule has 0 amide bonds. The Morgan fingerprint density at radius 2 is 2.19 bits per heavy atom. The van der Waals surface area contributed by atoms with E-state index in [2.05, 4.69) is 4.98 Å². The molecule has 112 valence electrons. The van der Waals surface area contributed by atoms with Crippen LogP contribution in [-0.4, -0.2) is 22.6 Å². The van der Waals surface area contributed by atoms with Gasteiger partial charge >= 0.3 is 5.97 Å². The molecule has 0 spiro atoms. The Kier molecular flexibility index (Phi) is 4.27. The predicted molar refractivity (Wildman–Crippen MR) is 81.9 cm³/mol. The first-order chi connectivity index (χ1) is 9.86. The van der Waals surface area contributed by atoms with Gasteiger partial charge in [-0.05, 0) is 39.0 Å². The van der Waals surface area contributed by atoms with Gasteiger partial charge in [0.1, 0.15) is 11.2 Å². The third kappa shape index (κ3) is 3.05. The summed E-state index contributed by atoms with van der Waals surface area (Å²) in [6.45, 7) is 5.79. The van der Waals surface area contributed by atoms with Crippen LogP contribution in [0.1, 0.15) is 26.5 Å². The number of nitrogens with zero attached hydrogens (tertiary/aromatic N) is 2. The molecule has 1 N–H and O–H groups in total. The van der Waals surface area contributed by atoms with E-state index in [9.17, 15) is 14.3 Å². The van der Waals surface area contributed by atoms with E-state index in [0.717, 1.165) is 0 Å². The summed E-state index contributed by atoms with van der Waals surface area (Å²) in [7, 11) is 0. The molecular weight excluding hydrogens is 291 g/mol. The Balaban J connectivity index is 2.37. The molecular formula is C15H17FN2O2S. The van der Waals surface area contributed by atoms with Crippen LogP contribution in [0, 0.1) is 5.82 Å². The molecule has 0 bridgehead atoms. The van der Waals surface area contributed by atoms with Crippen molar-refractivity contribution in [3.8, 4) is 0 Å². The lowest BCUT2D eigenvalue weighted by Gasteiger charge is -2.20. The summed E-state index contributed by atoms with van der Waals surface area (Å²) in [6, 6.07) is 6.27. The molecule has 2 aromatic rings. The highest BCUT2D eigenvalue weighted by Gasteiger charge is 2.32. The van der Waals surface area contributed by atoms with Crippen molar-refractivity contribution in [2.75, 3.05) is 11.4 Å². The molecule has 0 atom stereocenters. The summed E-state index contributed by atoms with van der Waals surface area (Å²) in [5, 5.41) is 11.7. The number of carboxylic acid groups (broad SMARTS) is 1. The predicted octanol–water partition coefficient (Wildman–Crippen LogP) is 3.80. The second kappa shape index (κ2) is 5.81. The number of carboxylic acids is 1. The molecule has 0 aliphatic rings. The molecule has 0 saturated carbocycles. The number of rotatable bonds is 5. The number of hydrogen-bond donors (Lipinski definition) is 1. The third-order valence-corrected chi connectivity index (χ3v) is 4.20. The van der Waals surface area contributed by atoms with E-state index in [0.29, 0.717) is 23.1 Å². The lowest BCUT2D eigenvalue weighted by atomic mass is 9.90. The first-order valence-corrected chi connectivity index (χ1v) is 7.46. The highest BCUT2D eigenvalue weighted by molar-refractivity contribution is 7.13. The fraction of sp³-hybridized carbons (Fsp3) is 0.333. The number of thiazole rings is 1. The molecule has 0 radical (unpaired) electrons. The summed E-state index contributed by atoms with van der Waals surface area (Å²) >= 11 is 1.36. The van der Waals surface area contributed by atoms with Crippen molar-refractivity contribution in [3.63, 3.8) is 0 Å². The summed E-state index contributed by atoms with van der Waals surface area (Å²) in [4.78, 5) is 17.6. The van der Waals surface area contributed by atoms with E-state index < -0.39 is 11.4 Å². The SMILES string of the molecule is CCN(c1cccc(F)c1)c1nc(C(C)(C)C(=O)O)cs1. The quantitative estimate of drug-likeness (QED) is 0.912. The third-order valence-electron chi connectivity index (χ3n) is 3.33. The zero-order chi connectivity index (χ0) is 15.6. The van der Waals surface area contributed by atoms with Gasteiger partial charge < -0.3 is 10.0 Å². The van der Waals surface area contributed by atoms with Crippen LogP contribution in [0.25, 0.3) is 0 Å². The maximum atomic E-state index is 13.4. The van der Waals surface area contributed by atoms with Crippen molar-refractivity contribution < 1.29 is 14.3 Å². The second-order valence-electron chi connectivity index (χ2n) is 5.17. The van der Waals surface area contributed by atoms with Crippen LogP contribution in [0.5, 0.6) is 0 Å². The van der Waals surface area contributed by atoms with Crippen molar-refractivity contribution in [1.29, 1.82) is 0 Å². The molecule has 1 aromatic heterocycles. The summed E-state index contributed by atoms with van der Waals surface area (Å²) in [5.74, 6) is -1.23. The average Bonchev–Trinajstić information content (AvgIpc) is 2.89. The van der Waals surface area contributed by atoms with Crippen molar-refractivity contribution in [1.82, 2.24) is 4.98 Å². The molecule has 4 nitrogen and oxygen atoms in total. The largest absolute Gasteiger partial charge is 0.481 e. The van der Waals surface area contributed by atoms with E-state index in [4.69, 9.17) is 0 Å². The van der Waals surface area contributed by atoms with E-state index in [1.165, 1.54) is 23.5 Å². The first-order valence-electron chi connectivity index (χ1n) is 6.58. The topological polar surface area (TPSA) is 53.4 Å². The smallest absolute Gasteiger partial charge is 0.315 e. The van der Waals surface area contributed by atoms with E-state index in [1.807, 2.05) is 11.8 Å². The Bertz CT molecular complexity index is 655. The van der Waals surface area contributed by atoms with Crippen LogP contribution >= 0.6 is 11.3 Å². The monoisotopic (exact) mass is 308 g/mol. The number of benzene rings is 1.